The predicted molar refractivity (Wildman–Crippen MR) is 70.6 cm³/mol. The molecule has 1 rings (SSSR count). The summed E-state index contributed by atoms with van der Waals surface area (Å²) in [6, 6.07) is 3.45. The molecular weight excluding hydrogens is 246 g/mol. The fourth-order valence-electron chi connectivity index (χ4n) is 1.57. The molecule has 0 aliphatic rings. The topological polar surface area (TPSA) is 82.5 Å². The van der Waals surface area contributed by atoms with Crippen LogP contribution in [-0.2, 0) is 11.3 Å². The maximum Gasteiger partial charge on any atom is 0.317 e. The average Bonchev–Trinajstić information content (AvgIpc) is 2.37. The Morgan fingerprint density at radius 3 is 2.79 bits per heavy atom. The van der Waals surface area contributed by atoms with Crippen molar-refractivity contribution in [3.8, 4) is 0 Å². The lowest BCUT2D eigenvalue weighted by atomic mass is 10.2. The molecule has 1 heterocycles. The highest BCUT2D eigenvalue weighted by Crippen LogP contribution is 2.03. The zero-order valence-electron chi connectivity index (χ0n) is 11.4. The van der Waals surface area contributed by atoms with Gasteiger partial charge in [-0.2, -0.15) is 0 Å². The van der Waals surface area contributed by atoms with Crippen molar-refractivity contribution in [2.75, 3.05) is 13.6 Å². The molecule has 0 aromatic carbocycles. The third-order valence-corrected chi connectivity index (χ3v) is 2.84. The Bertz CT molecular complexity index is 462. The van der Waals surface area contributed by atoms with Gasteiger partial charge in [0.15, 0.2) is 0 Å². The molecule has 0 spiro atoms. The van der Waals surface area contributed by atoms with Crippen LogP contribution in [0.3, 0.4) is 0 Å². The van der Waals surface area contributed by atoms with Gasteiger partial charge in [-0.1, -0.05) is 13.0 Å². The van der Waals surface area contributed by atoms with Gasteiger partial charge in [0.2, 0.25) is 0 Å². The monoisotopic (exact) mass is 265 g/mol. The van der Waals surface area contributed by atoms with Crippen LogP contribution >= 0.6 is 0 Å². The molecule has 0 saturated heterocycles. The second-order valence-electron chi connectivity index (χ2n) is 4.55. The Morgan fingerprint density at radius 1 is 1.53 bits per heavy atom. The van der Waals surface area contributed by atoms with Gasteiger partial charge in [0.1, 0.15) is 0 Å². The fraction of sp³-hybridized carbons (Fsp3) is 0.462. The minimum Gasteiger partial charge on any atom is -0.481 e. The largest absolute Gasteiger partial charge is 0.481 e. The van der Waals surface area contributed by atoms with E-state index >= 15 is 0 Å². The molecule has 0 aliphatic carbocycles. The molecule has 0 aliphatic heterocycles. The number of nitrogens with zero attached hydrogens (tertiary/aromatic N) is 2. The van der Waals surface area contributed by atoms with Gasteiger partial charge in [-0.05, 0) is 18.6 Å². The molecule has 0 radical (unpaired) electrons. The van der Waals surface area contributed by atoms with E-state index in [-0.39, 0.29) is 12.6 Å². The number of carbonyl (C=O) groups is 2. The highest BCUT2D eigenvalue weighted by Gasteiger charge is 2.17. The number of carboxylic acid groups (broad SMARTS) is 1. The zero-order chi connectivity index (χ0) is 14.4. The lowest BCUT2D eigenvalue weighted by Gasteiger charge is -2.20. The summed E-state index contributed by atoms with van der Waals surface area (Å²) >= 11 is 0. The van der Waals surface area contributed by atoms with Crippen LogP contribution < -0.4 is 5.32 Å². The van der Waals surface area contributed by atoms with Gasteiger partial charge in [-0.25, -0.2) is 4.79 Å². The van der Waals surface area contributed by atoms with E-state index < -0.39 is 11.9 Å². The number of nitrogens with one attached hydrogen (secondary N) is 1. The molecule has 19 heavy (non-hydrogen) atoms. The molecule has 6 heteroatoms. The minimum absolute atomic E-state index is 0.169. The molecule has 1 aromatic heterocycles. The number of amides is 2. The fourth-order valence-corrected chi connectivity index (χ4v) is 1.57. The van der Waals surface area contributed by atoms with Gasteiger partial charge in [-0.15, -0.1) is 0 Å². The van der Waals surface area contributed by atoms with Crippen molar-refractivity contribution in [3.05, 3.63) is 29.6 Å². The van der Waals surface area contributed by atoms with E-state index in [1.165, 1.54) is 4.90 Å². The number of carboxylic acids is 1. The first-order valence-electron chi connectivity index (χ1n) is 6.04. The maximum absolute atomic E-state index is 11.8. The molecule has 1 unspecified atom stereocenters. The summed E-state index contributed by atoms with van der Waals surface area (Å²) in [5.74, 6) is -1.51. The molecule has 2 amide bonds. The van der Waals surface area contributed by atoms with Crippen LogP contribution in [0.2, 0.25) is 0 Å². The zero-order valence-corrected chi connectivity index (χ0v) is 11.4. The number of aromatic nitrogens is 1. The Morgan fingerprint density at radius 2 is 2.21 bits per heavy atom. The summed E-state index contributed by atoms with van der Waals surface area (Å²) in [7, 11) is 1.57. The molecule has 6 nitrogen and oxygen atoms in total. The van der Waals surface area contributed by atoms with E-state index in [0.717, 1.165) is 11.3 Å². The smallest absolute Gasteiger partial charge is 0.317 e. The van der Waals surface area contributed by atoms with E-state index in [2.05, 4.69) is 10.3 Å². The van der Waals surface area contributed by atoms with Crippen LogP contribution in [-0.4, -0.2) is 40.6 Å². The van der Waals surface area contributed by atoms with Gasteiger partial charge in [0.25, 0.3) is 0 Å². The summed E-state index contributed by atoms with van der Waals surface area (Å²) in [5, 5.41) is 11.5. The first-order valence-corrected chi connectivity index (χ1v) is 6.04. The van der Waals surface area contributed by atoms with Crippen molar-refractivity contribution < 1.29 is 14.7 Å². The normalized spacial score (nSPS) is 11.7. The number of hydrogen-bond donors (Lipinski definition) is 2. The third-order valence-electron chi connectivity index (χ3n) is 2.84. The van der Waals surface area contributed by atoms with Crippen molar-refractivity contribution >= 4 is 12.0 Å². The molecule has 2 N–H and O–H groups in total. The Labute approximate surface area is 112 Å². The van der Waals surface area contributed by atoms with Gasteiger partial charge >= 0.3 is 12.0 Å². The summed E-state index contributed by atoms with van der Waals surface area (Å²) in [5.41, 5.74) is 1.81. The van der Waals surface area contributed by atoms with Crippen LogP contribution in [0.15, 0.2) is 18.3 Å². The van der Waals surface area contributed by atoms with Gasteiger partial charge in [0.05, 0.1) is 18.2 Å². The number of pyridine rings is 1. The number of carbonyl (C=O) groups excluding carboxylic acids is 1. The van der Waals surface area contributed by atoms with Crippen LogP contribution in [0.1, 0.15) is 18.2 Å². The quantitative estimate of drug-likeness (QED) is 0.839. The van der Waals surface area contributed by atoms with Crippen molar-refractivity contribution in [2.24, 2.45) is 5.92 Å². The summed E-state index contributed by atoms with van der Waals surface area (Å²) in [6.07, 6.45) is 1.67. The molecule has 0 bridgehead atoms. The standard InChI is InChI=1S/C13H19N3O3/c1-9-5-4-6-14-11(9)7-15-13(19)16(3)8-10(2)12(17)18/h4-6,10H,7-8H2,1-3H3,(H,15,19)(H,17,18). The molecule has 1 atom stereocenters. The third kappa shape index (κ3) is 4.57. The molecular formula is C13H19N3O3. The first kappa shape index (κ1) is 14.9. The van der Waals surface area contributed by atoms with Crippen molar-refractivity contribution in [1.82, 2.24) is 15.2 Å². The van der Waals surface area contributed by atoms with Crippen LogP contribution in [0.4, 0.5) is 4.79 Å². The Balaban J connectivity index is 2.47. The van der Waals surface area contributed by atoms with Gasteiger partial charge in [-0.3, -0.25) is 9.78 Å². The number of aryl methyl sites for hydroxylation is 1. The summed E-state index contributed by atoms with van der Waals surface area (Å²) < 4.78 is 0. The lowest BCUT2D eigenvalue weighted by Crippen LogP contribution is -2.40. The van der Waals surface area contributed by atoms with Gasteiger partial charge < -0.3 is 15.3 Å². The highest BCUT2D eigenvalue weighted by atomic mass is 16.4. The van der Waals surface area contributed by atoms with Crippen molar-refractivity contribution in [1.29, 1.82) is 0 Å². The SMILES string of the molecule is Cc1cccnc1CNC(=O)N(C)CC(C)C(=O)O. The van der Waals surface area contributed by atoms with Crippen LogP contribution in [0.5, 0.6) is 0 Å². The molecule has 104 valence electrons. The van der Waals surface area contributed by atoms with E-state index in [0.29, 0.717) is 6.54 Å². The Hall–Kier alpha value is -2.11. The minimum atomic E-state index is -0.916. The maximum atomic E-state index is 11.8. The number of urea groups is 1. The summed E-state index contributed by atoms with van der Waals surface area (Å²) in [6.45, 7) is 3.99. The van der Waals surface area contributed by atoms with Crippen LogP contribution in [0.25, 0.3) is 0 Å². The Kier molecular flexibility index (Phi) is 5.29. The van der Waals surface area contributed by atoms with Crippen molar-refractivity contribution in [2.45, 2.75) is 20.4 Å². The highest BCUT2D eigenvalue weighted by molar-refractivity contribution is 5.75. The van der Waals surface area contributed by atoms with E-state index in [9.17, 15) is 9.59 Å². The van der Waals surface area contributed by atoms with E-state index in [1.807, 2.05) is 19.1 Å². The number of hydrogen-bond acceptors (Lipinski definition) is 3. The second kappa shape index (κ2) is 6.72. The molecule has 1 aromatic rings. The second-order valence-corrected chi connectivity index (χ2v) is 4.55. The number of aliphatic carboxylic acids is 1. The van der Waals surface area contributed by atoms with Crippen LogP contribution in [0, 0.1) is 12.8 Å². The lowest BCUT2D eigenvalue weighted by molar-refractivity contribution is -0.141. The van der Waals surface area contributed by atoms with Crippen molar-refractivity contribution in [3.63, 3.8) is 0 Å². The molecule has 0 fully saturated rings. The van der Waals surface area contributed by atoms with E-state index in [4.69, 9.17) is 5.11 Å². The number of rotatable bonds is 5. The molecule has 0 saturated carbocycles. The van der Waals surface area contributed by atoms with Gasteiger partial charge in [0, 0.05) is 19.8 Å². The average molecular weight is 265 g/mol. The summed E-state index contributed by atoms with van der Waals surface area (Å²) in [4.78, 5) is 28.0. The first-order chi connectivity index (χ1) is 8.91. The van der Waals surface area contributed by atoms with E-state index in [1.54, 1.807) is 20.2 Å². The predicted octanol–water partition coefficient (Wildman–Crippen LogP) is 1.25.